The van der Waals surface area contributed by atoms with Gasteiger partial charge in [0.2, 0.25) is 0 Å². The Morgan fingerprint density at radius 1 is 1.14 bits per heavy atom. The molecule has 2 atom stereocenters. The molecule has 182 valence electrons. The van der Waals surface area contributed by atoms with Crippen molar-refractivity contribution in [3.63, 3.8) is 0 Å². The third-order valence-corrected chi connectivity index (χ3v) is 7.58. The summed E-state index contributed by atoms with van der Waals surface area (Å²) in [6, 6.07) is 15.1. The highest BCUT2D eigenvalue weighted by atomic mass is 35.5. The number of thioether (sulfide) groups is 2. The van der Waals surface area contributed by atoms with Crippen LogP contribution in [0.2, 0.25) is 5.02 Å². The van der Waals surface area contributed by atoms with E-state index in [1.165, 1.54) is 11.8 Å². The third kappa shape index (κ3) is 5.75. The standard InChI is InChI=1S/C23H20ClN3O6S2/c24-14-8-4-5-9-16(14)33-10-17(28)26-18-20(29)27-19(22(30)31)15(12-34-21(18)27)25-23(32)35-11-13-6-2-1-3-7-13/h1-9,18,21H,10-12H2,(H,25,32)(H,26,28)(H,30,31)/t18?,21-/m0/s1. The molecule has 0 spiro atoms. The van der Waals surface area contributed by atoms with Crippen molar-refractivity contribution < 1.29 is 29.0 Å². The van der Waals surface area contributed by atoms with Crippen molar-refractivity contribution in [3.05, 3.63) is 76.6 Å². The highest BCUT2D eigenvalue weighted by Gasteiger charge is 2.54. The Kier molecular flexibility index (Phi) is 7.89. The van der Waals surface area contributed by atoms with Crippen LogP contribution in [-0.2, 0) is 20.1 Å². The minimum atomic E-state index is -1.33. The van der Waals surface area contributed by atoms with Crippen LogP contribution >= 0.6 is 35.1 Å². The van der Waals surface area contributed by atoms with E-state index in [1.807, 2.05) is 30.3 Å². The van der Waals surface area contributed by atoms with Gasteiger partial charge in [0.05, 0.1) is 10.7 Å². The summed E-state index contributed by atoms with van der Waals surface area (Å²) in [7, 11) is 0. The number of fused-ring (bicyclic) bond motifs is 1. The van der Waals surface area contributed by atoms with Crippen LogP contribution < -0.4 is 15.4 Å². The average molecular weight is 534 g/mol. The molecular weight excluding hydrogens is 514 g/mol. The molecule has 2 heterocycles. The fourth-order valence-corrected chi connectivity index (χ4v) is 5.68. The number of amides is 3. The van der Waals surface area contributed by atoms with Crippen LogP contribution in [0.25, 0.3) is 0 Å². The number of carboxylic acids is 1. The molecule has 4 rings (SSSR count). The Morgan fingerprint density at radius 2 is 1.86 bits per heavy atom. The number of nitrogens with zero attached hydrogens (tertiary/aromatic N) is 1. The van der Waals surface area contributed by atoms with Crippen molar-refractivity contribution in [2.75, 3.05) is 12.4 Å². The number of aliphatic carboxylic acids is 1. The Labute approximate surface area is 214 Å². The molecule has 35 heavy (non-hydrogen) atoms. The second-order valence-electron chi connectivity index (χ2n) is 7.49. The highest BCUT2D eigenvalue weighted by molar-refractivity contribution is 8.12. The van der Waals surface area contributed by atoms with Crippen LogP contribution in [0, 0.1) is 0 Å². The lowest BCUT2D eigenvalue weighted by Gasteiger charge is -2.49. The molecule has 3 amide bonds. The average Bonchev–Trinajstić information content (AvgIpc) is 2.85. The molecule has 2 aromatic rings. The summed E-state index contributed by atoms with van der Waals surface area (Å²) < 4.78 is 5.39. The number of carbonyl (C=O) groups excluding carboxylic acids is 3. The number of carbonyl (C=O) groups is 4. The fourth-order valence-electron chi connectivity index (χ4n) is 3.52. The monoisotopic (exact) mass is 533 g/mol. The van der Waals surface area contributed by atoms with Gasteiger partial charge in [-0.05, 0) is 17.7 Å². The van der Waals surface area contributed by atoms with Gasteiger partial charge >= 0.3 is 5.97 Å². The number of para-hydroxylation sites is 1. The largest absolute Gasteiger partial charge is 0.482 e. The van der Waals surface area contributed by atoms with Crippen LogP contribution in [0.3, 0.4) is 0 Å². The molecule has 9 nitrogen and oxygen atoms in total. The second kappa shape index (κ2) is 11.1. The number of hydrogen-bond donors (Lipinski definition) is 3. The summed E-state index contributed by atoms with van der Waals surface area (Å²) in [6.07, 6.45) is 0. The molecule has 2 aliphatic heterocycles. The van der Waals surface area contributed by atoms with Gasteiger partial charge in [-0.15, -0.1) is 11.8 Å². The van der Waals surface area contributed by atoms with Crippen molar-refractivity contribution >= 4 is 58.1 Å². The molecule has 0 bridgehead atoms. The second-order valence-corrected chi connectivity index (χ2v) is 9.95. The first-order valence-corrected chi connectivity index (χ1v) is 12.8. The number of halogens is 1. The van der Waals surface area contributed by atoms with E-state index in [0.717, 1.165) is 22.2 Å². The molecule has 1 fully saturated rings. The van der Waals surface area contributed by atoms with Crippen LogP contribution in [0.5, 0.6) is 5.75 Å². The molecule has 0 aromatic heterocycles. The third-order valence-electron chi connectivity index (χ3n) is 5.15. The van der Waals surface area contributed by atoms with E-state index in [9.17, 15) is 24.3 Å². The molecule has 2 aromatic carbocycles. The van der Waals surface area contributed by atoms with E-state index >= 15 is 0 Å². The molecule has 0 aliphatic carbocycles. The minimum absolute atomic E-state index is 0.143. The Hall–Kier alpha value is -3.15. The summed E-state index contributed by atoms with van der Waals surface area (Å²) in [5, 5.41) is 14.3. The van der Waals surface area contributed by atoms with E-state index in [2.05, 4.69) is 10.6 Å². The van der Waals surface area contributed by atoms with Crippen LogP contribution in [0.15, 0.2) is 66.0 Å². The maximum Gasteiger partial charge on any atom is 0.354 e. The molecule has 0 saturated carbocycles. The van der Waals surface area contributed by atoms with Crippen molar-refractivity contribution in [2.24, 2.45) is 0 Å². The smallest absolute Gasteiger partial charge is 0.354 e. The number of ether oxygens (including phenoxy) is 1. The van der Waals surface area contributed by atoms with Gasteiger partial charge in [-0.2, -0.15) is 0 Å². The van der Waals surface area contributed by atoms with Crippen molar-refractivity contribution in [3.8, 4) is 5.75 Å². The van der Waals surface area contributed by atoms with Crippen LogP contribution in [0.4, 0.5) is 4.79 Å². The lowest BCUT2D eigenvalue weighted by atomic mass is 10.0. The molecule has 0 radical (unpaired) electrons. The van der Waals surface area contributed by atoms with Gasteiger partial charge in [0.1, 0.15) is 17.2 Å². The molecule has 3 N–H and O–H groups in total. The molecule has 1 unspecified atom stereocenters. The van der Waals surface area contributed by atoms with Gasteiger partial charge in [-0.3, -0.25) is 19.3 Å². The molecule has 1 saturated heterocycles. The molecule has 12 heteroatoms. The van der Waals surface area contributed by atoms with Crippen LogP contribution in [-0.4, -0.2) is 56.8 Å². The normalized spacial score (nSPS) is 18.9. The van der Waals surface area contributed by atoms with Crippen molar-refractivity contribution in [1.82, 2.24) is 15.5 Å². The number of rotatable bonds is 8. The Balaban J connectivity index is 1.35. The lowest BCUT2D eigenvalue weighted by molar-refractivity contribution is -0.151. The summed E-state index contributed by atoms with van der Waals surface area (Å²) >= 11 is 8.25. The number of β-lactam (4-membered cyclic amide) rings is 1. The van der Waals surface area contributed by atoms with E-state index in [0.29, 0.717) is 16.5 Å². The fraction of sp³-hybridized carbons (Fsp3) is 0.217. The first-order valence-electron chi connectivity index (χ1n) is 10.4. The van der Waals surface area contributed by atoms with Crippen LogP contribution in [0.1, 0.15) is 5.56 Å². The topological polar surface area (TPSA) is 125 Å². The van der Waals surface area contributed by atoms with Gasteiger partial charge in [0.15, 0.2) is 12.3 Å². The highest BCUT2D eigenvalue weighted by Crippen LogP contribution is 2.39. The molecular formula is C23H20ClN3O6S2. The van der Waals surface area contributed by atoms with Gasteiger partial charge in [0.25, 0.3) is 17.1 Å². The van der Waals surface area contributed by atoms with E-state index < -0.39 is 34.4 Å². The quantitative estimate of drug-likeness (QED) is 0.442. The van der Waals surface area contributed by atoms with Crippen molar-refractivity contribution in [1.29, 1.82) is 0 Å². The first kappa shape index (κ1) is 25.0. The number of hydrogen-bond acceptors (Lipinski definition) is 7. The zero-order chi connectivity index (χ0) is 24.9. The maximum absolute atomic E-state index is 12.7. The first-order chi connectivity index (χ1) is 16.8. The number of benzene rings is 2. The van der Waals surface area contributed by atoms with Crippen molar-refractivity contribution in [2.45, 2.75) is 17.2 Å². The predicted octanol–water partition coefficient (Wildman–Crippen LogP) is 3.06. The molecule has 2 aliphatic rings. The lowest BCUT2D eigenvalue weighted by Crippen LogP contribution is -2.71. The van der Waals surface area contributed by atoms with Gasteiger partial charge < -0.3 is 20.5 Å². The zero-order valence-electron chi connectivity index (χ0n) is 18.1. The van der Waals surface area contributed by atoms with E-state index in [4.69, 9.17) is 16.3 Å². The SMILES string of the molecule is O=C(COc1ccccc1Cl)NC1C(=O)N2C(C(=O)O)=C(NC(=O)SCc3ccccc3)CS[C@@H]12. The summed E-state index contributed by atoms with van der Waals surface area (Å²) in [5.41, 5.74) is 0.808. The minimum Gasteiger partial charge on any atom is -0.482 e. The predicted molar refractivity (Wildman–Crippen MR) is 133 cm³/mol. The van der Waals surface area contributed by atoms with Gasteiger partial charge in [-0.1, -0.05) is 65.8 Å². The number of carboxylic acid groups (broad SMARTS) is 1. The summed E-state index contributed by atoms with van der Waals surface area (Å²) in [5.74, 6) is -1.53. The van der Waals surface area contributed by atoms with E-state index in [-0.39, 0.29) is 23.8 Å². The maximum atomic E-state index is 12.7. The summed E-state index contributed by atoms with van der Waals surface area (Å²) in [6.45, 7) is -0.355. The Bertz CT molecular complexity index is 1190. The zero-order valence-corrected chi connectivity index (χ0v) is 20.5. The summed E-state index contributed by atoms with van der Waals surface area (Å²) in [4.78, 5) is 50.5. The Morgan fingerprint density at radius 3 is 2.57 bits per heavy atom. The van der Waals surface area contributed by atoms with Gasteiger partial charge in [0, 0.05) is 11.5 Å². The van der Waals surface area contributed by atoms with E-state index in [1.54, 1.807) is 24.3 Å². The number of nitrogens with one attached hydrogen (secondary N) is 2. The van der Waals surface area contributed by atoms with Gasteiger partial charge in [-0.25, -0.2) is 4.79 Å².